The van der Waals surface area contributed by atoms with E-state index in [2.05, 4.69) is 4.72 Å². The number of hydrogen-bond acceptors (Lipinski definition) is 4. The van der Waals surface area contributed by atoms with Crippen molar-refractivity contribution in [3.63, 3.8) is 0 Å². The minimum atomic E-state index is -3.57. The molecule has 0 aromatic heterocycles. The molecule has 164 valence electrons. The predicted octanol–water partition coefficient (Wildman–Crippen LogP) is 4.98. The number of carbonyl (C=O) groups excluding carboxylic acids is 1. The third-order valence-electron chi connectivity index (χ3n) is 5.02. The zero-order valence-electron chi connectivity index (χ0n) is 18.4. The Labute approximate surface area is 178 Å². The second-order valence-corrected chi connectivity index (χ2v) is 10.5. The number of benzene rings is 2. The molecule has 2 aromatic rings. The summed E-state index contributed by atoms with van der Waals surface area (Å²) in [5, 5.41) is 10.0. The number of hydrogen-bond donors (Lipinski definition) is 3. The fraction of sp³-hybridized carbons (Fsp3) is 0.435. The lowest BCUT2D eigenvalue weighted by Gasteiger charge is -2.20. The zero-order chi connectivity index (χ0) is 22.9. The topological polar surface area (TPSA) is 90.3 Å². The fourth-order valence-electron chi connectivity index (χ4n) is 3.38. The number of rotatable bonds is 7. The standard InChI is InChI=1S/C23H31FN2O3S/c1-14(2)19-11-17(24)12-20(15(3)4)21(19)13-22(27)26-30(25,29)18-9-7-16(8-10-18)23(5,6)28/h7-12,14-15,28H,13H2,1-6H3,(H2,25,26,27,29)/t30-/m0/s1. The van der Waals surface area contributed by atoms with Gasteiger partial charge in [0.05, 0.1) is 16.9 Å². The number of amides is 1. The third kappa shape index (κ3) is 5.67. The summed E-state index contributed by atoms with van der Waals surface area (Å²) in [6, 6.07) is 8.99. The van der Waals surface area contributed by atoms with Gasteiger partial charge in [0, 0.05) is 0 Å². The summed E-state index contributed by atoms with van der Waals surface area (Å²) in [4.78, 5) is 12.9. The van der Waals surface area contributed by atoms with Crippen molar-refractivity contribution >= 4 is 15.8 Å². The fourth-order valence-corrected chi connectivity index (χ4v) is 4.41. The Hall–Kier alpha value is -2.25. The van der Waals surface area contributed by atoms with Crippen LogP contribution in [0.25, 0.3) is 0 Å². The molecule has 1 atom stereocenters. The van der Waals surface area contributed by atoms with Crippen molar-refractivity contribution in [1.82, 2.24) is 4.72 Å². The summed E-state index contributed by atoms with van der Waals surface area (Å²) in [5.41, 5.74) is 1.74. The highest BCUT2D eigenvalue weighted by atomic mass is 32.2. The summed E-state index contributed by atoms with van der Waals surface area (Å²) in [6.45, 7) is 11.0. The average molecular weight is 435 g/mol. The van der Waals surface area contributed by atoms with Crippen LogP contribution in [0.3, 0.4) is 0 Å². The number of carbonyl (C=O) groups is 1. The van der Waals surface area contributed by atoms with Crippen molar-refractivity contribution in [2.75, 3.05) is 0 Å². The Bertz CT molecular complexity index is 992. The first-order valence-corrected chi connectivity index (χ1v) is 11.5. The maximum absolute atomic E-state index is 14.1. The molecule has 0 aliphatic carbocycles. The van der Waals surface area contributed by atoms with Crippen LogP contribution in [0.5, 0.6) is 0 Å². The van der Waals surface area contributed by atoms with Crippen molar-refractivity contribution in [2.45, 2.75) is 70.3 Å². The van der Waals surface area contributed by atoms with E-state index in [9.17, 15) is 18.5 Å². The van der Waals surface area contributed by atoms with E-state index in [4.69, 9.17) is 4.78 Å². The Morgan fingerprint density at radius 1 is 1.10 bits per heavy atom. The van der Waals surface area contributed by atoms with E-state index in [1.165, 1.54) is 24.3 Å². The molecule has 0 saturated heterocycles. The van der Waals surface area contributed by atoms with Gasteiger partial charge in [0.25, 0.3) is 0 Å². The van der Waals surface area contributed by atoms with Gasteiger partial charge in [0.15, 0.2) is 9.92 Å². The van der Waals surface area contributed by atoms with Gasteiger partial charge >= 0.3 is 0 Å². The second kappa shape index (κ2) is 8.86. The lowest BCUT2D eigenvalue weighted by molar-refractivity contribution is -0.118. The second-order valence-electron chi connectivity index (χ2n) is 8.71. The summed E-state index contributed by atoms with van der Waals surface area (Å²) in [6.07, 6.45) is -0.0844. The van der Waals surface area contributed by atoms with E-state index in [0.29, 0.717) is 11.1 Å². The minimum Gasteiger partial charge on any atom is -0.386 e. The lowest BCUT2D eigenvalue weighted by Crippen LogP contribution is -2.31. The monoisotopic (exact) mass is 434 g/mol. The van der Waals surface area contributed by atoms with Gasteiger partial charge in [-0.05, 0) is 72.2 Å². The molecular formula is C23H31FN2O3S. The molecule has 2 rings (SSSR count). The Morgan fingerprint density at radius 3 is 1.97 bits per heavy atom. The van der Waals surface area contributed by atoms with Gasteiger partial charge in [-0.25, -0.2) is 13.4 Å². The van der Waals surface area contributed by atoms with Crippen LogP contribution in [0, 0.1) is 10.6 Å². The molecule has 0 aliphatic heterocycles. The van der Waals surface area contributed by atoms with Gasteiger partial charge in [0.2, 0.25) is 5.91 Å². The van der Waals surface area contributed by atoms with E-state index >= 15 is 0 Å². The van der Waals surface area contributed by atoms with E-state index < -0.39 is 21.4 Å². The van der Waals surface area contributed by atoms with Crippen molar-refractivity contribution in [2.24, 2.45) is 0 Å². The normalized spacial score (nSPS) is 14.1. The molecule has 30 heavy (non-hydrogen) atoms. The van der Waals surface area contributed by atoms with Crippen LogP contribution in [-0.2, 0) is 26.7 Å². The Kier molecular flexibility index (Phi) is 7.09. The van der Waals surface area contributed by atoms with Gasteiger partial charge in [-0.1, -0.05) is 39.8 Å². The number of halogens is 1. The minimum absolute atomic E-state index is 0.00994. The highest BCUT2D eigenvalue weighted by molar-refractivity contribution is 7.91. The van der Waals surface area contributed by atoms with Gasteiger partial charge in [-0.15, -0.1) is 0 Å². The summed E-state index contributed by atoms with van der Waals surface area (Å²) < 4.78 is 37.4. The lowest BCUT2D eigenvalue weighted by atomic mass is 9.87. The molecular weight excluding hydrogens is 403 g/mol. The molecule has 0 spiro atoms. The first-order valence-electron chi connectivity index (χ1n) is 9.97. The third-order valence-corrected chi connectivity index (χ3v) is 6.47. The van der Waals surface area contributed by atoms with Crippen LogP contribution < -0.4 is 4.72 Å². The quantitative estimate of drug-likeness (QED) is 0.574. The SMILES string of the molecule is CC(C)c1cc(F)cc(C(C)C)c1CC(=O)N[S@](=N)(=O)c1ccc(C(C)(C)O)cc1. The van der Waals surface area contributed by atoms with Crippen LogP contribution in [0.2, 0.25) is 0 Å². The molecule has 0 saturated carbocycles. The highest BCUT2D eigenvalue weighted by Crippen LogP contribution is 2.30. The van der Waals surface area contributed by atoms with Crippen LogP contribution >= 0.6 is 0 Å². The molecule has 1 amide bonds. The van der Waals surface area contributed by atoms with Gasteiger partial charge in [-0.3, -0.25) is 9.52 Å². The molecule has 0 aliphatic rings. The van der Waals surface area contributed by atoms with E-state index in [0.717, 1.165) is 11.1 Å². The largest absolute Gasteiger partial charge is 0.386 e. The zero-order valence-corrected chi connectivity index (χ0v) is 19.2. The van der Waals surface area contributed by atoms with Crippen LogP contribution in [-0.4, -0.2) is 15.2 Å². The van der Waals surface area contributed by atoms with Crippen LogP contribution in [0.4, 0.5) is 4.39 Å². The van der Waals surface area contributed by atoms with Crippen LogP contribution in [0.15, 0.2) is 41.3 Å². The first kappa shape index (κ1) is 24.0. The molecule has 7 heteroatoms. The van der Waals surface area contributed by atoms with Crippen molar-refractivity contribution in [3.8, 4) is 0 Å². The van der Waals surface area contributed by atoms with Crippen molar-refractivity contribution < 1.29 is 18.5 Å². The maximum atomic E-state index is 14.1. The van der Waals surface area contributed by atoms with Gasteiger partial charge < -0.3 is 5.11 Å². The molecule has 2 aromatic carbocycles. The molecule has 5 nitrogen and oxygen atoms in total. The number of nitrogens with one attached hydrogen (secondary N) is 2. The smallest absolute Gasteiger partial charge is 0.236 e. The Morgan fingerprint density at radius 2 is 1.57 bits per heavy atom. The highest BCUT2D eigenvalue weighted by Gasteiger charge is 2.22. The van der Waals surface area contributed by atoms with E-state index in [1.54, 1.807) is 26.0 Å². The van der Waals surface area contributed by atoms with Crippen molar-refractivity contribution in [3.05, 3.63) is 64.5 Å². The molecule has 0 fully saturated rings. The average Bonchev–Trinajstić information content (AvgIpc) is 2.61. The van der Waals surface area contributed by atoms with E-state index in [1.807, 2.05) is 27.7 Å². The summed E-state index contributed by atoms with van der Waals surface area (Å²) in [5.74, 6) is -0.883. The van der Waals surface area contributed by atoms with Gasteiger partial charge in [0.1, 0.15) is 5.82 Å². The van der Waals surface area contributed by atoms with E-state index in [-0.39, 0.29) is 29.0 Å². The molecule has 0 heterocycles. The maximum Gasteiger partial charge on any atom is 0.236 e. The summed E-state index contributed by atoms with van der Waals surface area (Å²) >= 11 is 0. The van der Waals surface area contributed by atoms with Gasteiger partial charge in [-0.2, -0.15) is 0 Å². The van der Waals surface area contributed by atoms with Crippen LogP contribution in [0.1, 0.15) is 75.6 Å². The molecule has 0 bridgehead atoms. The first-order chi connectivity index (χ1) is 13.7. The Balaban J connectivity index is 2.31. The predicted molar refractivity (Wildman–Crippen MR) is 117 cm³/mol. The molecule has 0 unspecified atom stereocenters. The molecule has 3 N–H and O–H groups in total. The number of aliphatic hydroxyl groups is 1. The molecule has 0 radical (unpaired) electrons. The summed E-state index contributed by atoms with van der Waals surface area (Å²) in [7, 11) is -3.57. The van der Waals surface area contributed by atoms with Crippen molar-refractivity contribution in [1.29, 1.82) is 4.78 Å².